The van der Waals surface area contributed by atoms with Crippen LogP contribution in [0.2, 0.25) is 5.02 Å². The first-order valence-corrected chi connectivity index (χ1v) is 12.5. The number of amides is 2. The van der Waals surface area contributed by atoms with Crippen LogP contribution in [0.4, 0.5) is 14.9 Å². The van der Waals surface area contributed by atoms with Crippen LogP contribution in [0.5, 0.6) is 11.5 Å². The van der Waals surface area contributed by atoms with Crippen molar-refractivity contribution in [1.82, 2.24) is 10.3 Å². The van der Waals surface area contributed by atoms with E-state index in [1.807, 2.05) is 6.07 Å². The molecule has 3 aromatic carbocycles. The van der Waals surface area contributed by atoms with Crippen molar-refractivity contribution in [2.24, 2.45) is 0 Å². The molecule has 0 aromatic heterocycles. The van der Waals surface area contributed by atoms with E-state index in [2.05, 4.69) is 17.7 Å². The number of rotatable bonds is 10. The van der Waals surface area contributed by atoms with Gasteiger partial charge in [0.2, 0.25) is 5.91 Å². The molecule has 2 amide bonds. The van der Waals surface area contributed by atoms with Crippen LogP contribution in [0.25, 0.3) is 0 Å². The van der Waals surface area contributed by atoms with Gasteiger partial charge in [0.05, 0.1) is 12.2 Å². The van der Waals surface area contributed by atoms with Crippen molar-refractivity contribution in [3.05, 3.63) is 95.6 Å². The zero-order valence-electron chi connectivity index (χ0n) is 21.7. The third-order valence-corrected chi connectivity index (χ3v) is 5.37. The number of halogens is 2. The molecule has 0 heterocycles. The Hall–Kier alpha value is -3.78. The minimum absolute atomic E-state index is 0.000602. The van der Waals surface area contributed by atoms with Crippen LogP contribution in [-0.2, 0) is 22.6 Å². The zero-order chi connectivity index (χ0) is 27.7. The maximum Gasteiger partial charge on any atom is 0.407 e. The maximum absolute atomic E-state index is 14.3. The number of hydrazine groups is 1. The van der Waals surface area contributed by atoms with E-state index in [4.69, 9.17) is 21.1 Å². The molecule has 0 unspecified atom stereocenters. The standard InChI is InChI=1S/C29H32ClFN3O4/c1-5-9-27(35)34(19-21-11-6-7-13-24(21)31)33-25-15-14-22(30)17-26(25)37-23-12-8-10-20(16-23)18-32-28(36)38-29(2,3)4/h6-8,10-17,33H,1,5,9,18-19H2,2-4H3,(H,32,36). The summed E-state index contributed by atoms with van der Waals surface area (Å²) >= 11 is 6.24. The second-order valence-corrected chi connectivity index (χ2v) is 9.97. The van der Waals surface area contributed by atoms with Gasteiger partial charge in [-0.05, 0) is 63.1 Å². The Kier molecular flexibility index (Phi) is 9.96. The largest absolute Gasteiger partial charge is 0.455 e. The summed E-state index contributed by atoms with van der Waals surface area (Å²) in [5, 5.41) is 4.48. The second kappa shape index (κ2) is 13.1. The molecule has 38 heavy (non-hydrogen) atoms. The molecule has 201 valence electrons. The van der Waals surface area contributed by atoms with Crippen molar-refractivity contribution >= 4 is 29.3 Å². The lowest BCUT2D eigenvalue weighted by molar-refractivity contribution is -0.130. The SMILES string of the molecule is [CH2]CCC(=O)N(Cc1ccccc1F)Nc1ccc(Cl)cc1Oc1cccc(CNC(=O)OC(C)(C)C)c1. The zero-order valence-corrected chi connectivity index (χ0v) is 22.5. The van der Waals surface area contributed by atoms with Gasteiger partial charge in [-0.3, -0.25) is 15.2 Å². The number of hydrogen-bond donors (Lipinski definition) is 2. The first-order chi connectivity index (χ1) is 18.0. The van der Waals surface area contributed by atoms with E-state index in [0.717, 1.165) is 5.56 Å². The summed E-state index contributed by atoms with van der Waals surface area (Å²) in [6.07, 6.45) is 0.0485. The molecule has 0 saturated carbocycles. The monoisotopic (exact) mass is 540 g/mol. The van der Waals surface area contributed by atoms with E-state index in [0.29, 0.717) is 34.2 Å². The predicted octanol–water partition coefficient (Wildman–Crippen LogP) is 7.27. The van der Waals surface area contributed by atoms with Gasteiger partial charge in [0.25, 0.3) is 0 Å². The Morgan fingerprint density at radius 2 is 1.82 bits per heavy atom. The minimum atomic E-state index is -0.597. The predicted molar refractivity (Wildman–Crippen MR) is 146 cm³/mol. The molecule has 0 aliphatic rings. The summed E-state index contributed by atoms with van der Waals surface area (Å²) in [6.45, 7) is 9.37. The molecule has 0 fully saturated rings. The summed E-state index contributed by atoms with van der Waals surface area (Å²) in [5.74, 6) is 0.185. The molecule has 7 nitrogen and oxygen atoms in total. The highest BCUT2D eigenvalue weighted by Gasteiger charge is 2.18. The number of carbonyl (C=O) groups excluding carboxylic acids is 2. The van der Waals surface area contributed by atoms with Gasteiger partial charge in [0.1, 0.15) is 17.2 Å². The number of nitrogens with zero attached hydrogens (tertiary/aromatic N) is 1. The Labute approximate surface area is 227 Å². The summed E-state index contributed by atoms with van der Waals surface area (Å²) in [7, 11) is 0. The Balaban J connectivity index is 1.79. The molecular formula is C29H32ClFN3O4. The van der Waals surface area contributed by atoms with E-state index in [-0.39, 0.29) is 25.4 Å². The molecule has 0 spiro atoms. The molecule has 0 aliphatic carbocycles. The topological polar surface area (TPSA) is 79.9 Å². The third-order valence-electron chi connectivity index (χ3n) is 5.14. The minimum Gasteiger partial charge on any atom is -0.455 e. The molecule has 0 saturated heterocycles. The number of ether oxygens (including phenoxy) is 2. The van der Waals surface area contributed by atoms with E-state index in [9.17, 15) is 14.0 Å². The molecule has 2 N–H and O–H groups in total. The number of anilines is 1. The Morgan fingerprint density at radius 3 is 2.53 bits per heavy atom. The molecule has 0 aliphatic heterocycles. The summed E-state index contributed by atoms with van der Waals surface area (Å²) in [6, 6.07) is 18.4. The van der Waals surface area contributed by atoms with Gasteiger partial charge >= 0.3 is 6.09 Å². The van der Waals surface area contributed by atoms with Crippen molar-refractivity contribution in [2.45, 2.75) is 52.3 Å². The molecular weight excluding hydrogens is 509 g/mol. The summed E-state index contributed by atoms with van der Waals surface area (Å²) in [5.41, 5.74) is 4.07. The Morgan fingerprint density at radius 1 is 1.05 bits per heavy atom. The van der Waals surface area contributed by atoms with Gasteiger partial charge < -0.3 is 14.8 Å². The average Bonchev–Trinajstić information content (AvgIpc) is 2.84. The molecule has 0 bridgehead atoms. The smallest absolute Gasteiger partial charge is 0.407 e. The van der Waals surface area contributed by atoms with Gasteiger partial charge in [-0.25, -0.2) is 9.18 Å². The third kappa shape index (κ3) is 8.95. The van der Waals surface area contributed by atoms with Crippen LogP contribution in [-0.4, -0.2) is 22.6 Å². The molecule has 1 radical (unpaired) electrons. The van der Waals surface area contributed by atoms with Crippen molar-refractivity contribution in [3.8, 4) is 11.5 Å². The van der Waals surface area contributed by atoms with Crippen LogP contribution in [0, 0.1) is 12.7 Å². The Bertz CT molecular complexity index is 1260. The number of alkyl carbamates (subject to hydrolysis) is 1. The lowest BCUT2D eigenvalue weighted by atomic mass is 10.2. The van der Waals surface area contributed by atoms with E-state index < -0.39 is 17.5 Å². The van der Waals surface area contributed by atoms with E-state index in [1.165, 1.54) is 11.1 Å². The van der Waals surface area contributed by atoms with Crippen LogP contribution in [0.15, 0.2) is 66.7 Å². The average molecular weight is 541 g/mol. The van der Waals surface area contributed by atoms with Gasteiger partial charge in [0, 0.05) is 29.6 Å². The number of benzene rings is 3. The highest BCUT2D eigenvalue weighted by molar-refractivity contribution is 6.30. The van der Waals surface area contributed by atoms with Crippen LogP contribution < -0.4 is 15.5 Å². The fraction of sp³-hybridized carbons (Fsp3) is 0.276. The van der Waals surface area contributed by atoms with Crippen LogP contribution in [0.3, 0.4) is 0 Å². The molecule has 3 rings (SSSR count). The van der Waals surface area contributed by atoms with E-state index >= 15 is 0 Å². The van der Waals surface area contributed by atoms with Gasteiger partial charge in [0.15, 0.2) is 5.75 Å². The summed E-state index contributed by atoms with van der Waals surface area (Å²) in [4.78, 5) is 24.8. The number of hydrogen-bond acceptors (Lipinski definition) is 5. The molecule has 3 aromatic rings. The highest BCUT2D eigenvalue weighted by atomic mass is 35.5. The van der Waals surface area contributed by atoms with Gasteiger partial charge in [-0.2, -0.15) is 0 Å². The van der Waals surface area contributed by atoms with Gasteiger partial charge in [-0.15, -0.1) is 0 Å². The van der Waals surface area contributed by atoms with Crippen molar-refractivity contribution < 1.29 is 23.5 Å². The van der Waals surface area contributed by atoms with E-state index in [1.54, 1.807) is 75.4 Å². The highest BCUT2D eigenvalue weighted by Crippen LogP contribution is 2.33. The fourth-order valence-corrected chi connectivity index (χ4v) is 3.59. The van der Waals surface area contributed by atoms with Crippen LogP contribution in [0.1, 0.15) is 44.7 Å². The van der Waals surface area contributed by atoms with Crippen molar-refractivity contribution in [3.63, 3.8) is 0 Å². The lowest BCUT2D eigenvalue weighted by Gasteiger charge is -2.26. The van der Waals surface area contributed by atoms with Crippen LogP contribution >= 0.6 is 11.6 Å². The first kappa shape index (κ1) is 28.8. The fourth-order valence-electron chi connectivity index (χ4n) is 3.43. The lowest BCUT2D eigenvalue weighted by Crippen LogP contribution is -2.36. The second-order valence-electron chi connectivity index (χ2n) is 9.53. The first-order valence-electron chi connectivity index (χ1n) is 12.2. The maximum atomic E-state index is 14.3. The number of carbonyl (C=O) groups is 2. The quantitative estimate of drug-likeness (QED) is 0.264. The molecule has 0 atom stereocenters. The summed E-state index contributed by atoms with van der Waals surface area (Å²) < 4.78 is 25.7. The van der Waals surface area contributed by atoms with Crippen molar-refractivity contribution in [2.75, 3.05) is 5.43 Å². The molecule has 9 heteroatoms. The van der Waals surface area contributed by atoms with Crippen molar-refractivity contribution in [1.29, 1.82) is 0 Å². The normalized spacial score (nSPS) is 11.0. The number of nitrogens with one attached hydrogen (secondary N) is 2. The van der Waals surface area contributed by atoms with Gasteiger partial charge in [-0.1, -0.05) is 48.9 Å².